The van der Waals surface area contributed by atoms with Gasteiger partial charge in [-0.05, 0) is 18.6 Å². The molecular formula is C17H19NO3. The highest BCUT2D eigenvalue weighted by molar-refractivity contribution is 5.99. The normalized spacial score (nSPS) is 20.0. The van der Waals surface area contributed by atoms with Crippen molar-refractivity contribution in [1.82, 2.24) is 4.90 Å². The maximum Gasteiger partial charge on any atom is 0.211 e. The topological polar surface area (TPSA) is 50.5 Å². The zero-order valence-corrected chi connectivity index (χ0v) is 12.2. The predicted octanol–water partition coefficient (Wildman–Crippen LogP) is 2.92. The highest BCUT2D eigenvalue weighted by Gasteiger charge is 2.27. The molecule has 4 heteroatoms. The Hall–Kier alpha value is -1.94. The van der Waals surface area contributed by atoms with Gasteiger partial charge in [-0.25, -0.2) is 0 Å². The van der Waals surface area contributed by atoms with E-state index in [1.807, 2.05) is 31.2 Å². The van der Waals surface area contributed by atoms with E-state index in [-0.39, 0.29) is 11.7 Å². The van der Waals surface area contributed by atoms with Crippen LogP contribution in [0.4, 0.5) is 0 Å². The average molecular weight is 285 g/mol. The van der Waals surface area contributed by atoms with Crippen LogP contribution in [-0.2, 0) is 4.79 Å². The fraction of sp³-hybridized carbons (Fsp3) is 0.412. The molecule has 4 nitrogen and oxygen atoms in total. The fourth-order valence-corrected chi connectivity index (χ4v) is 2.88. The fourth-order valence-electron chi connectivity index (χ4n) is 2.88. The van der Waals surface area contributed by atoms with Gasteiger partial charge in [0.05, 0.1) is 6.54 Å². The van der Waals surface area contributed by atoms with Gasteiger partial charge in [0.25, 0.3) is 0 Å². The van der Waals surface area contributed by atoms with E-state index in [1.54, 1.807) is 6.07 Å². The molecule has 1 unspecified atom stereocenters. The number of para-hydroxylation sites is 1. The summed E-state index contributed by atoms with van der Waals surface area (Å²) in [5.41, 5.74) is 0.737. The first-order valence-electron chi connectivity index (χ1n) is 7.44. The van der Waals surface area contributed by atoms with Crippen molar-refractivity contribution in [2.75, 3.05) is 19.6 Å². The Kier molecular flexibility index (Phi) is 3.88. The Bertz CT molecular complexity index is 640. The molecule has 110 valence electrons. The number of furan rings is 1. The van der Waals surface area contributed by atoms with Gasteiger partial charge >= 0.3 is 0 Å². The molecule has 1 aliphatic rings. The van der Waals surface area contributed by atoms with Crippen LogP contribution >= 0.6 is 0 Å². The summed E-state index contributed by atoms with van der Waals surface area (Å²) in [4.78, 5) is 26.1. The molecule has 0 amide bonds. The van der Waals surface area contributed by atoms with Gasteiger partial charge in [-0.1, -0.05) is 25.1 Å². The zero-order valence-electron chi connectivity index (χ0n) is 12.2. The molecule has 2 aromatic rings. The molecule has 0 saturated carbocycles. The number of hydrogen-bond acceptors (Lipinski definition) is 4. The van der Waals surface area contributed by atoms with Crippen LogP contribution in [0.25, 0.3) is 11.0 Å². The first kappa shape index (κ1) is 14.0. The van der Waals surface area contributed by atoms with Gasteiger partial charge in [-0.2, -0.15) is 0 Å². The van der Waals surface area contributed by atoms with Crippen molar-refractivity contribution in [2.24, 2.45) is 5.92 Å². The Morgan fingerprint density at radius 2 is 2.19 bits per heavy atom. The Balaban J connectivity index is 1.70. The van der Waals surface area contributed by atoms with E-state index in [9.17, 15) is 9.59 Å². The van der Waals surface area contributed by atoms with Gasteiger partial charge in [-0.3, -0.25) is 14.5 Å². The van der Waals surface area contributed by atoms with Crippen LogP contribution in [0.1, 0.15) is 30.3 Å². The second kappa shape index (κ2) is 5.82. The summed E-state index contributed by atoms with van der Waals surface area (Å²) >= 11 is 0. The maximum absolute atomic E-state index is 12.3. The lowest BCUT2D eigenvalue weighted by molar-refractivity contribution is -0.126. The summed E-state index contributed by atoms with van der Waals surface area (Å²) in [6.45, 7) is 3.69. The minimum absolute atomic E-state index is 0.0181. The number of fused-ring (bicyclic) bond motifs is 1. The molecule has 0 spiro atoms. The van der Waals surface area contributed by atoms with Crippen LogP contribution in [-0.4, -0.2) is 36.1 Å². The number of hydrogen-bond donors (Lipinski definition) is 0. The van der Waals surface area contributed by atoms with Crippen LogP contribution in [0.5, 0.6) is 0 Å². The van der Waals surface area contributed by atoms with Crippen LogP contribution in [0.15, 0.2) is 34.7 Å². The number of benzene rings is 1. The average Bonchev–Trinajstić information content (AvgIpc) is 2.93. The number of likely N-dealkylation sites (tertiary alicyclic amines) is 1. The number of piperidine rings is 1. The molecule has 3 rings (SSSR count). The molecule has 1 aliphatic heterocycles. The van der Waals surface area contributed by atoms with Gasteiger partial charge in [0, 0.05) is 30.8 Å². The Morgan fingerprint density at radius 1 is 1.38 bits per heavy atom. The first-order valence-corrected chi connectivity index (χ1v) is 7.44. The van der Waals surface area contributed by atoms with Crippen LogP contribution in [0, 0.1) is 5.92 Å². The van der Waals surface area contributed by atoms with Crippen molar-refractivity contribution in [1.29, 1.82) is 0 Å². The number of carbonyl (C=O) groups is 2. The minimum Gasteiger partial charge on any atom is -0.453 e. The summed E-state index contributed by atoms with van der Waals surface area (Å²) < 4.78 is 5.60. The lowest BCUT2D eigenvalue weighted by atomic mass is 9.94. The van der Waals surface area contributed by atoms with E-state index < -0.39 is 0 Å². The first-order chi connectivity index (χ1) is 10.2. The van der Waals surface area contributed by atoms with Gasteiger partial charge < -0.3 is 4.42 Å². The van der Waals surface area contributed by atoms with Crippen molar-refractivity contribution < 1.29 is 14.0 Å². The van der Waals surface area contributed by atoms with Gasteiger partial charge in [0.15, 0.2) is 5.76 Å². The highest BCUT2D eigenvalue weighted by Crippen LogP contribution is 2.21. The van der Waals surface area contributed by atoms with Crippen molar-refractivity contribution >= 4 is 22.5 Å². The van der Waals surface area contributed by atoms with E-state index in [0.717, 1.165) is 17.4 Å². The molecule has 1 aromatic carbocycles. The van der Waals surface area contributed by atoms with Crippen molar-refractivity contribution in [3.05, 3.63) is 36.1 Å². The number of Topliss-reactive ketones (excluding diaryl/α,β-unsaturated/α-hetero) is 2. The summed E-state index contributed by atoms with van der Waals surface area (Å²) in [6.07, 6.45) is 1.39. The van der Waals surface area contributed by atoms with Gasteiger partial charge in [-0.15, -0.1) is 0 Å². The van der Waals surface area contributed by atoms with Crippen molar-refractivity contribution in [3.63, 3.8) is 0 Å². The molecule has 21 heavy (non-hydrogen) atoms. The molecule has 1 saturated heterocycles. The summed E-state index contributed by atoms with van der Waals surface area (Å²) in [6, 6.07) is 9.40. The van der Waals surface area contributed by atoms with Crippen LogP contribution in [0.2, 0.25) is 0 Å². The van der Waals surface area contributed by atoms with Crippen molar-refractivity contribution in [3.8, 4) is 0 Å². The zero-order chi connectivity index (χ0) is 14.8. The molecular weight excluding hydrogens is 266 g/mol. The third-order valence-electron chi connectivity index (χ3n) is 4.17. The van der Waals surface area contributed by atoms with Crippen LogP contribution in [0.3, 0.4) is 0 Å². The Morgan fingerprint density at radius 3 is 2.95 bits per heavy atom. The summed E-state index contributed by atoms with van der Waals surface area (Å²) in [7, 11) is 0. The van der Waals surface area contributed by atoms with Gasteiger partial charge in [0.2, 0.25) is 5.78 Å². The highest BCUT2D eigenvalue weighted by atomic mass is 16.3. The lowest BCUT2D eigenvalue weighted by Gasteiger charge is -2.30. The van der Waals surface area contributed by atoms with E-state index >= 15 is 0 Å². The predicted molar refractivity (Wildman–Crippen MR) is 80.4 cm³/mol. The smallest absolute Gasteiger partial charge is 0.211 e. The molecule has 1 aromatic heterocycles. The van der Waals surface area contributed by atoms with E-state index in [1.165, 1.54) is 0 Å². The molecule has 0 bridgehead atoms. The standard InChI is InChI=1S/C17H19NO3/c1-2-12-10-18(8-7-14(12)19)11-15(20)17-9-13-5-3-4-6-16(13)21-17/h3-6,9,12H,2,7-8,10-11H2,1H3. The summed E-state index contributed by atoms with van der Waals surface area (Å²) in [5.74, 6) is 0.781. The lowest BCUT2D eigenvalue weighted by Crippen LogP contribution is -2.42. The number of rotatable bonds is 4. The molecule has 0 radical (unpaired) electrons. The number of ketones is 2. The van der Waals surface area contributed by atoms with Crippen LogP contribution < -0.4 is 0 Å². The molecule has 0 N–H and O–H groups in total. The second-order valence-corrected chi connectivity index (χ2v) is 5.63. The van der Waals surface area contributed by atoms with E-state index in [4.69, 9.17) is 4.42 Å². The second-order valence-electron chi connectivity index (χ2n) is 5.63. The molecule has 1 atom stereocenters. The number of carbonyl (C=O) groups excluding carboxylic acids is 2. The maximum atomic E-state index is 12.3. The SMILES string of the molecule is CCC1CN(CC(=O)c2cc3ccccc3o2)CCC1=O. The quantitative estimate of drug-likeness (QED) is 0.810. The summed E-state index contributed by atoms with van der Waals surface area (Å²) in [5, 5.41) is 0.945. The molecule has 1 fully saturated rings. The largest absolute Gasteiger partial charge is 0.453 e. The van der Waals surface area contributed by atoms with Gasteiger partial charge in [0.1, 0.15) is 11.4 Å². The minimum atomic E-state index is -0.0181. The van der Waals surface area contributed by atoms with E-state index in [0.29, 0.717) is 37.6 Å². The Labute approximate surface area is 123 Å². The third-order valence-corrected chi connectivity index (χ3v) is 4.17. The third kappa shape index (κ3) is 2.90. The van der Waals surface area contributed by atoms with E-state index in [2.05, 4.69) is 4.90 Å². The molecule has 0 aliphatic carbocycles. The number of nitrogens with zero attached hydrogens (tertiary/aromatic N) is 1. The van der Waals surface area contributed by atoms with Crippen molar-refractivity contribution in [2.45, 2.75) is 19.8 Å². The molecule has 2 heterocycles. The monoisotopic (exact) mass is 285 g/mol.